The molecule has 2 aromatic carbocycles. The van der Waals surface area contributed by atoms with Crippen LogP contribution in [0.1, 0.15) is 31.1 Å². The van der Waals surface area contributed by atoms with Crippen LogP contribution in [0, 0.1) is 5.92 Å². The second kappa shape index (κ2) is 8.60. The quantitative estimate of drug-likeness (QED) is 0.484. The summed E-state index contributed by atoms with van der Waals surface area (Å²) in [5.74, 6) is -0.606. The van der Waals surface area contributed by atoms with Crippen LogP contribution >= 0.6 is 0 Å². The number of nitrogens with one attached hydrogen (secondary N) is 2. The minimum Gasteiger partial charge on any atom is -0.341 e. The zero-order valence-corrected chi connectivity index (χ0v) is 17.9. The van der Waals surface area contributed by atoms with Crippen LogP contribution in [0.2, 0.25) is 0 Å². The van der Waals surface area contributed by atoms with Gasteiger partial charge in [-0.25, -0.2) is 0 Å². The third kappa shape index (κ3) is 4.01. The van der Waals surface area contributed by atoms with Gasteiger partial charge in [0.2, 0.25) is 5.91 Å². The van der Waals surface area contributed by atoms with Gasteiger partial charge in [0.25, 0.3) is 5.91 Å². The highest BCUT2D eigenvalue weighted by Gasteiger charge is 2.25. The molecule has 2 N–H and O–H groups in total. The molecular weight excluding hydrogens is 388 g/mol. The molecule has 0 saturated heterocycles. The van der Waals surface area contributed by atoms with Gasteiger partial charge in [0, 0.05) is 52.0 Å². The Balaban J connectivity index is 1.60. The van der Waals surface area contributed by atoms with Crippen molar-refractivity contribution in [2.75, 3.05) is 5.32 Å². The summed E-state index contributed by atoms with van der Waals surface area (Å²) in [4.78, 5) is 29.5. The fourth-order valence-electron chi connectivity index (χ4n) is 3.95. The lowest BCUT2D eigenvalue weighted by atomic mass is 10.0. The molecule has 0 bridgehead atoms. The lowest BCUT2D eigenvalue weighted by molar-refractivity contribution is -0.118. The van der Waals surface area contributed by atoms with E-state index in [1.807, 2.05) is 44.2 Å². The lowest BCUT2D eigenvalue weighted by Crippen LogP contribution is -2.47. The molecule has 2 aromatic heterocycles. The van der Waals surface area contributed by atoms with Crippen LogP contribution in [0.3, 0.4) is 0 Å². The first-order chi connectivity index (χ1) is 15.0. The predicted molar refractivity (Wildman–Crippen MR) is 124 cm³/mol. The molecule has 6 nitrogen and oxygen atoms in total. The van der Waals surface area contributed by atoms with Crippen molar-refractivity contribution in [2.24, 2.45) is 5.92 Å². The maximum atomic E-state index is 13.0. The van der Waals surface area contributed by atoms with Crippen molar-refractivity contribution < 1.29 is 9.59 Å². The number of carbonyl (C=O) groups is 2. The van der Waals surface area contributed by atoms with Crippen molar-refractivity contribution in [3.63, 3.8) is 0 Å². The molecule has 158 valence electrons. The number of hydrogen-bond acceptors (Lipinski definition) is 3. The van der Waals surface area contributed by atoms with Crippen LogP contribution in [0.4, 0.5) is 5.69 Å². The maximum Gasteiger partial charge on any atom is 0.252 e. The van der Waals surface area contributed by atoms with Crippen LogP contribution < -0.4 is 10.6 Å². The van der Waals surface area contributed by atoms with E-state index in [2.05, 4.69) is 39.2 Å². The molecule has 6 heteroatoms. The summed E-state index contributed by atoms with van der Waals surface area (Å²) in [7, 11) is 0. The molecule has 0 aliphatic rings. The third-order valence-electron chi connectivity index (χ3n) is 5.53. The number of benzene rings is 2. The number of aryl methyl sites for hydroxylation is 1. The van der Waals surface area contributed by atoms with Crippen molar-refractivity contribution in [1.29, 1.82) is 0 Å². The van der Waals surface area contributed by atoms with E-state index in [0.29, 0.717) is 11.3 Å². The van der Waals surface area contributed by atoms with Crippen molar-refractivity contribution in [3.05, 3.63) is 72.6 Å². The molecule has 4 aromatic rings. The maximum absolute atomic E-state index is 13.0. The van der Waals surface area contributed by atoms with E-state index in [1.54, 1.807) is 24.5 Å². The SMILES string of the molecule is CCn1c2ccccc2c2cc(NC(=O)C(NC(=O)c3ccncc3)C(C)C)ccc21. The molecular formula is C25H26N4O2. The molecule has 0 fully saturated rings. The van der Waals surface area contributed by atoms with Gasteiger partial charge in [0.05, 0.1) is 0 Å². The summed E-state index contributed by atoms with van der Waals surface area (Å²) in [6, 6.07) is 16.8. The standard InChI is InChI=1S/C25H26N4O2/c1-4-29-21-8-6-5-7-19(21)20-15-18(9-10-22(20)29)27-25(31)23(16(2)3)28-24(30)17-11-13-26-14-12-17/h5-16,23H,4H2,1-3H3,(H,27,31)(H,28,30). The highest BCUT2D eigenvalue weighted by Crippen LogP contribution is 2.31. The van der Waals surface area contributed by atoms with Crippen LogP contribution in [0.15, 0.2) is 67.0 Å². The molecule has 0 aliphatic heterocycles. The third-order valence-corrected chi connectivity index (χ3v) is 5.53. The molecule has 0 radical (unpaired) electrons. The van der Waals surface area contributed by atoms with E-state index in [9.17, 15) is 9.59 Å². The molecule has 2 heterocycles. The van der Waals surface area contributed by atoms with Crippen LogP contribution in [-0.4, -0.2) is 27.4 Å². The summed E-state index contributed by atoms with van der Waals surface area (Å²) >= 11 is 0. The van der Waals surface area contributed by atoms with Gasteiger partial charge in [0.15, 0.2) is 0 Å². The first kappa shape index (κ1) is 20.6. The predicted octanol–water partition coefficient (Wildman–Crippen LogP) is 4.60. The summed E-state index contributed by atoms with van der Waals surface area (Å²) in [5.41, 5.74) is 3.49. The second-order valence-corrected chi connectivity index (χ2v) is 7.91. The number of hydrogen-bond donors (Lipinski definition) is 2. The van der Waals surface area contributed by atoms with Crippen molar-refractivity contribution in [3.8, 4) is 0 Å². The molecule has 2 amide bonds. The Labute approximate surface area is 181 Å². The fraction of sp³-hybridized carbons (Fsp3) is 0.240. The Hall–Kier alpha value is -3.67. The Morgan fingerprint density at radius 1 is 0.968 bits per heavy atom. The highest BCUT2D eigenvalue weighted by atomic mass is 16.2. The lowest BCUT2D eigenvalue weighted by Gasteiger charge is -2.22. The Morgan fingerprint density at radius 2 is 1.68 bits per heavy atom. The Bertz CT molecular complexity index is 1240. The van der Waals surface area contributed by atoms with E-state index in [0.717, 1.165) is 22.8 Å². The average Bonchev–Trinajstić information content (AvgIpc) is 3.10. The fourth-order valence-corrected chi connectivity index (χ4v) is 3.95. The highest BCUT2D eigenvalue weighted by molar-refractivity contribution is 6.10. The van der Waals surface area contributed by atoms with Gasteiger partial charge in [-0.15, -0.1) is 0 Å². The van der Waals surface area contributed by atoms with Gasteiger partial charge in [0.1, 0.15) is 6.04 Å². The smallest absolute Gasteiger partial charge is 0.252 e. The van der Waals surface area contributed by atoms with Crippen molar-refractivity contribution in [1.82, 2.24) is 14.9 Å². The molecule has 0 spiro atoms. The molecule has 0 aliphatic carbocycles. The van der Waals surface area contributed by atoms with Gasteiger partial charge < -0.3 is 15.2 Å². The van der Waals surface area contributed by atoms with E-state index < -0.39 is 6.04 Å². The summed E-state index contributed by atoms with van der Waals surface area (Å²) < 4.78 is 2.27. The first-order valence-corrected chi connectivity index (χ1v) is 10.5. The monoisotopic (exact) mass is 414 g/mol. The van der Waals surface area contributed by atoms with Crippen LogP contribution in [0.5, 0.6) is 0 Å². The van der Waals surface area contributed by atoms with Gasteiger partial charge in [-0.05, 0) is 49.2 Å². The topological polar surface area (TPSA) is 76.0 Å². The normalized spacial score (nSPS) is 12.3. The molecule has 31 heavy (non-hydrogen) atoms. The largest absolute Gasteiger partial charge is 0.341 e. The van der Waals surface area contributed by atoms with Crippen molar-refractivity contribution in [2.45, 2.75) is 33.4 Å². The minimum atomic E-state index is -0.659. The number of aromatic nitrogens is 2. The summed E-state index contributed by atoms with van der Waals surface area (Å²) in [6.45, 7) is 6.82. The summed E-state index contributed by atoms with van der Waals surface area (Å²) in [6.07, 6.45) is 3.11. The average molecular weight is 415 g/mol. The van der Waals surface area contributed by atoms with Crippen LogP contribution in [0.25, 0.3) is 21.8 Å². The first-order valence-electron chi connectivity index (χ1n) is 10.5. The van der Waals surface area contributed by atoms with E-state index >= 15 is 0 Å². The van der Waals surface area contributed by atoms with Gasteiger partial charge in [-0.2, -0.15) is 0 Å². The van der Waals surface area contributed by atoms with Crippen molar-refractivity contribution >= 4 is 39.3 Å². The number of carbonyl (C=O) groups excluding carboxylic acids is 2. The van der Waals surface area contributed by atoms with Gasteiger partial charge >= 0.3 is 0 Å². The van der Waals surface area contributed by atoms with E-state index in [-0.39, 0.29) is 17.7 Å². The molecule has 1 unspecified atom stereocenters. The number of anilines is 1. The van der Waals surface area contributed by atoms with E-state index in [4.69, 9.17) is 0 Å². The molecule has 0 saturated carbocycles. The van der Waals surface area contributed by atoms with Gasteiger partial charge in [-0.3, -0.25) is 14.6 Å². The zero-order valence-electron chi connectivity index (χ0n) is 17.9. The number of rotatable bonds is 6. The zero-order chi connectivity index (χ0) is 22.0. The molecule has 1 atom stereocenters. The number of pyridine rings is 1. The Morgan fingerprint density at radius 3 is 2.39 bits per heavy atom. The second-order valence-electron chi connectivity index (χ2n) is 7.91. The Kier molecular flexibility index (Phi) is 5.71. The minimum absolute atomic E-state index is 0.0727. The van der Waals surface area contributed by atoms with E-state index in [1.165, 1.54) is 5.52 Å². The number of nitrogens with zero attached hydrogens (tertiary/aromatic N) is 2. The molecule has 4 rings (SSSR count). The van der Waals surface area contributed by atoms with Gasteiger partial charge in [-0.1, -0.05) is 32.0 Å². The number of fused-ring (bicyclic) bond motifs is 3. The van der Waals surface area contributed by atoms with Crippen LogP contribution in [-0.2, 0) is 11.3 Å². The number of amides is 2. The summed E-state index contributed by atoms with van der Waals surface area (Å²) in [5, 5.41) is 8.09. The number of para-hydroxylation sites is 1.